The van der Waals surface area contributed by atoms with Crippen LogP contribution in [0.15, 0.2) is 11.8 Å². The van der Waals surface area contributed by atoms with Crippen LogP contribution in [0.1, 0.15) is 6.92 Å². The van der Waals surface area contributed by atoms with Crippen molar-refractivity contribution in [1.82, 2.24) is 0 Å². The van der Waals surface area contributed by atoms with E-state index in [9.17, 15) is 9.59 Å². The van der Waals surface area contributed by atoms with Gasteiger partial charge in [-0.1, -0.05) is 0 Å². The van der Waals surface area contributed by atoms with Gasteiger partial charge in [0.1, 0.15) is 0 Å². The zero-order valence-electron chi connectivity index (χ0n) is 5.38. The molecular formula is C6H8O3. The monoisotopic (exact) mass is 128 g/mol. The molecule has 0 amide bonds. The van der Waals surface area contributed by atoms with Gasteiger partial charge in [-0.25, -0.2) is 0 Å². The molecule has 0 heterocycles. The van der Waals surface area contributed by atoms with Crippen LogP contribution in [0.4, 0.5) is 0 Å². The number of hydrogen-bond donors (Lipinski definition) is 0. The average molecular weight is 128 g/mol. The maximum atomic E-state index is 10.3. The number of ether oxygens (including phenoxy) is 1. The molecule has 0 saturated carbocycles. The van der Waals surface area contributed by atoms with Crippen molar-refractivity contribution in [3.8, 4) is 0 Å². The van der Waals surface area contributed by atoms with Crippen LogP contribution in [0.5, 0.6) is 0 Å². The number of allylic oxidation sites excluding steroid dienone is 2. The van der Waals surface area contributed by atoms with Crippen LogP contribution in [-0.2, 0) is 14.3 Å². The Morgan fingerprint density at radius 3 is 2.22 bits per heavy atom. The molecular weight excluding hydrogens is 120 g/mol. The minimum Gasteiger partial charge on any atom is -0.493 e. The van der Waals surface area contributed by atoms with Crippen LogP contribution in [0.25, 0.3) is 0 Å². The molecule has 0 atom stereocenters. The summed E-state index contributed by atoms with van der Waals surface area (Å²) in [6, 6.07) is 0. The molecule has 0 aliphatic carbocycles. The molecule has 9 heavy (non-hydrogen) atoms. The minimum atomic E-state index is -0.195. The molecule has 0 N–H and O–H groups in total. The summed E-state index contributed by atoms with van der Waals surface area (Å²) in [5.74, 6) is -0.138. The van der Waals surface area contributed by atoms with Crippen LogP contribution in [0.3, 0.4) is 0 Å². The number of hydrogen-bond acceptors (Lipinski definition) is 3. The summed E-state index contributed by atoms with van der Waals surface area (Å²) in [6.45, 7) is 1.35. The fraction of sp³-hybridized carbons (Fsp3) is 0.333. The SMILES string of the molecule is CO/C(C=O)=C/C(C)=O. The quantitative estimate of drug-likeness (QED) is 0.312. The van der Waals surface area contributed by atoms with Crippen LogP contribution in [0, 0.1) is 0 Å². The molecule has 0 fully saturated rings. The number of carbonyl (C=O) groups excluding carboxylic acids is 2. The second-order valence-corrected chi connectivity index (χ2v) is 1.48. The summed E-state index contributed by atoms with van der Waals surface area (Å²) in [7, 11) is 1.34. The van der Waals surface area contributed by atoms with Gasteiger partial charge in [-0.3, -0.25) is 9.59 Å². The van der Waals surface area contributed by atoms with Crippen molar-refractivity contribution in [2.45, 2.75) is 6.92 Å². The van der Waals surface area contributed by atoms with Gasteiger partial charge in [-0.05, 0) is 6.92 Å². The topological polar surface area (TPSA) is 43.4 Å². The second-order valence-electron chi connectivity index (χ2n) is 1.48. The highest BCUT2D eigenvalue weighted by molar-refractivity contribution is 5.92. The van der Waals surface area contributed by atoms with E-state index in [-0.39, 0.29) is 11.5 Å². The molecule has 0 aliphatic heterocycles. The fourth-order valence-electron chi connectivity index (χ4n) is 0.341. The number of methoxy groups -OCH3 is 1. The smallest absolute Gasteiger partial charge is 0.184 e. The van der Waals surface area contributed by atoms with Crippen molar-refractivity contribution in [2.75, 3.05) is 7.11 Å². The molecule has 0 aromatic rings. The zero-order valence-corrected chi connectivity index (χ0v) is 5.38. The summed E-state index contributed by atoms with van der Waals surface area (Å²) >= 11 is 0. The third-order valence-electron chi connectivity index (χ3n) is 0.697. The Bertz CT molecular complexity index is 146. The van der Waals surface area contributed by atoms with Gasteiger partial charge in [-0.2, -0.15) is 0 Å². The lowest BCUT2D eigenvalue weighted by molar-refractivity contribution is -0.113. The van der Waals surface area contributed by atoms with E-state index >= 15 is 0 Å². The van der Waals surface area contributed by atoms with E-state index in [1.165, 1.54) is 14.0 Å². The molecule has 0 aromatic heterocycles. The van der Waals surface area contributed by atoms with Crippen LogP contribution < -0.4 is 0 Å². The lowest BCUT2D eigenvalue weighted by Crippen LogP contribution is -1.92. The van der Waals surface area contributed by atoms with E-state index in [2.05, 4.69) is 4.74 Å². The summed E-state index contributed by atoms with van der Waals surface area (Å²) in [5.41, 5.74) is 0. The Hall–Kier alpha value is -1.12. The normalized spacial score (nSPS) is 10.7. The highest BCUT2D eigenvalue weighted by Gasteiger charge is 1.92. The van der Waals surface area contributed by atoms with E-state index in [0.29, 0.717) is 6.29 Å². The summed E-state index contributed by atoms with van der Waals surface area (Å²) in [4.78, 5) is 20.2. The minimum absolute atomic E-state index is 0.0579. The van der Waals surface area contributed by atoms with E-state index in [0.717, 1.165) is 6.08 Å². The molecule has 0 rings (SSSR count). The van der Waals surface area contributed by atoms with Crippen molar-refractivity contribution in [1.29, 1.82) is 0 Å². The van der Waals surface area contributed by atoms with Gasteiger partial charge in [0.05, 0.1) is 7.11 Å². The Morgan fingerprint density at radius 2 is 2.11 bits per heavy atom. The first-order valence-electron chi connectivity index (χ1n) is 2.42. The molecule has 0 spiro atoms. The first-order chi connectivity index (χ1) is 4.20. The predicted molar refractivity (Wildman–Crippen MR) is 31.8 cm³/mol. The predicted octanol–water partition coefficient (Wildman–Crippen LogP) is 0.305. The largest absolute Gasteiger partial charge is 0.493 e. The van der Waals surface area contributed by atoms with Crippen molar-refractivity contribution < 1.29 is 14.3 Å². The molecule has 3 heteroatoms. The Morgan fingerprint density at radius 1 is 1.56 bits per heavy atom. The highest BCUT2D eigenvalue weighted by atomic mass is 16.5. The van der Waals surface area contributed by atoms with Crippen molar-refractivity contribution in [3.05, 3.63) is 11.8 Å². The van der Waals surface area contributed by atoms with Gasteiger partial charge < -0.3 is 4.74 Å². The van der Waals surface area contributed by atoms with Gasteiger partial charge >= 0.3 is 0 Å². The van der Waals surface area contributed by atoms with Crippen molar-refractivity contribution >= 4 is 12.1 Å². The van der Waals surface area contributed by atoms with E-state index in [1.807, 2.05) is 0 Å². The molecule has 0 aromatic carbocycles. The maximum absolute atomic E-state index is 10.3. The zero-order chi connectivity index (χ0) is 7.28. The Kier molecular flexibility index (Phi) is 3.35. The van der Waals surface area contributed by atoms with Crippen molar-refractivity contribution in [3.63, 3.8) is 0 Å². The Labute approximate surface area is 53.3 Å². The van der Waals surface area contributed by atoms with Gasteiger partial charge in [0, 0.05) is 6.08 Å². The van der Waals surface area contributed by atoms with Gasteiger partial charge in [0.25, 0.3) is 0 Å². The van der Waals surface area contributed by atoms with E-state index in [1.54, 1.807) is 0 Å². The number of ketones is 1. The van der Waals surface area contributed by atoms with Crippen molar-refractivity contribution in [2.24, 2.45) is 0 Å². The van der Waals surface area contributed by atoms with Crippen LogP contribution in [0.2, 0.25) is 0 Å². The third kappa shape index (κ3) is 3.46. The molecule has 3 nitrogen and oxygen atoms in total. The number of rotatable bonds is 3. The number of aldehydes is 1. The summed E-state index contributed by atoms with van der Waals surface area (Å²) in [6.07, 6.45) is 1.62. The molecule has 0 bridgehead atoms. The molecule has 0 radical (unpaired) electrons. The van der Waals surface area contributed by atoms with Gasteiger partial charge in [-0.15, -0.1) is 0 Å². The van der Waals surface area contributed by atoms with Gasteiger partial charge in [0.2, 0.25) is 0 Å². The average Bonchev–Trinajstić information content (AvgIpc) is 1.82. The summed E-state index contributed by atoms with van der Waals surface area (Å²) in [5, 5.41) is 0. The lowest BCUT2D eigenvalue weighted by atomic mass is 10.4. The maximum Gasteiger partial charge on any atom is 0.184 e. The first kappa shape index (κ1) is 7.88. The first-order valence-corrected chi connectivity index (χ1v) is 2.42. The molecule has 0 saturated heterocycles. The summed E-state index contributed by atoms with van der Waals surface area (Å²) < 4.78 is 4.48. The Balaban J connectivity index is 4.07. The highest BCUT2D eigenvalue weighted by Crippen LogP contribution is 1.88. The van der Waals surface area contributed by atoms with Crippen LogP contribution in [-0.4, -0.2) is 19.2 Å². The second kappa shape index (κ2) is 3.83. The van der Waals surface area contributed by atoms with Crippen LogP contribution >= 0.6 is 0 Å². The molecule has 0 unspecified atom stereocenters. The number of carbonyl (C=O) groups is 2. The standard InChI is InChI=1S/C6H8O3/c1-5(8)3-6(4-7)9-2/h3-4H,1-2H3/b6-3+. The third-order valence-corrected chi connectivity index (χ3v) is 0.697. The lowest BCUT2D eigenvalue weighted by Gasteiger charge is -1.92. The van der Waals surface area contributed by atoms with E-state index < -0.39 is 0 Å². The molecule has 0 aliphatic rings. The van der Waals surface area contributed by atoms with E-state index in [4.69, 9.17) is 0 Å². The fourth-order valence-corrected chi connectivity index (χ4v) is 0.341. The molecule has 50 valence electrons. The van der Waals surface area contributed by atoms with Gasteiger partial charge in [0.15, 0.2) is 17.8 Å².